The van der Waals surface area contributed by atoms with Crippen molar-refractivity contribution in [1.82, 2.24) is 10.7 Å². The molecule has 0 heterocycles. The maximum atomic E-state index is 12.8. The van der Waals surface area contributed by atoms with Crippen LogP contribution in [0.1, 0.15) is 36.1 Å². The van der Waals surface area contributed by atoms with E-state index >= 15 is 0 Å². The molecular weight excluding hydrogens is 470 g/mol. The molecule has 0 aromatic heterocycles. The standard InChI is InChI=1S/C29H33N3O5/c1-4-35-27-18-23(14-15-26(27)37-20-24-13-9-10-21(3)16-24)19-30-32-28(33)25(31-29(34)36-5-2)17-22-11-7-6-8-12-22/h6-16,18-19,25H,4-5,17,20H2,1-3H3,(H,31,34)(H,32,33)/b30-19-/t25-/m1/s1. The number of amides is 2. The first-order valence-corrected chi connectivity index (χ1v) is 12.2. The maximum absolute atomic E-state index is 12.8. The van der Waals surface area contributed by atoms with Crippen molar-refractivity contribution >= 4 is 18.2 Å². The molecule has 0 bridgehead atoms. The van der Waals surface area contributed by atoms with Crippen molar-refractivity contribution in [2.75, 3.05) is 13.2 Å². The number of hydrogen-bond donors (Lipinski definition) is 2. The summed E-state index contributed by atoms with van der Waals surface area (Å²) in [5.74, 6) is 0.735. The van der Waals surface area contributed by atoms with Crippen LogP contribution in [0.15, 0.2) is 77.9 Å². The second kappa shape index (κ2) is 14.3. The average molecular weight is 504 g/mol. The van der Waals surface area contributed by atoms with E-state index in [-0.39, 0.29) is 6.61 Å². The summed E-state index contributed by atoms with van der Waals surface area (Å²) in [5, 5.41) is 6.67. The third kappa shape index (κ3) is 9.00. The number of rotatable bonds is 12. The molecule has 2 N–H and O–H groups in total. The lowest BCUT2D eigenvalue weighted by Crippen LogP contribution is -2.47. The van der Waals surface area contributed by atoms with Crippen molar-refractivity contribution in [2.24, 2.45) is 5.10 Å². The van der Waals surface area contributed by atoms with E-state index in [9.17, 15) is 9.59 Å². The molecule has 2 amide bonds. The molecule has 0 aliphatic heterocycles. The van der Waals surface area contributed by atoms with Crippen molar-refractivity contribution in [3.8, 4) is 11.5 Å². The molecule has 0 aliphatic rings. The van der Waals surface area contributed by atoms with Gasteiger partial charge in [-0.3, -0.25) is 4.79 Å². The molecule has 8 heteroatoms. The highest BCUT2D eigenvalue weighted by Gasteiger charge is 2.21. The summed E-state index contributed by atoms with van der Waals surface area (Å²) in [5.41, 5.74) is 6.35. The van der Waals surface area contributed by atoms with E-state index in [0.29, 0.717) is 36.7 Å². The molecule has 8 nitrogen and oxygen atoms in total. The predicted octanol–water partition coefficient (Wildman–Crippen LogP) is 4.78. The van der Waals surface area contributed by atoms with Gasteiger partial charge in [0.15, 0.2) is 11.5 Å². The van der Waals surface area contributed by atoms with E-state index in [2.05, 4.69) is 21.9 Å². The number of carbonyl (C=O) groups excluding carboxylic acids is 2. The van der Waals surface area contributed by atoms with Gasteiger partial charge in [-0.15, -0.1) is 0 Å². The van der Waals surface area contributed by atoms with Crippen LogP contribution >= 0.6 is 0 Å². The molecule has 1 atom stereocenters. The molecule has 0 spiro atoms. The average Bonchev–Trinajstić information content (AvgIpc) is 2.89. The number of carbonyl (C=O) groups is 2. The van der Waals surface area contributed by atoms with E-state index in [1.165, 1.54) is 11.8 Å². The zero-order valence-corrected chi connectivity index (χ0v) is 21.4. The van der Waals surface area contributed by atoms with Crippen LogP contribution in [0.2, 0.25) is 0 Å². The minimum atomic E-state index is -0.852. The van der Waals surface area contributed by atoms with Crippen molar-refractivity contribution in [1.29, 1.82) is 0 Å². The van der Waals surface area contributed by atoms with Crippen molar-refractivity contribution < 1.29 is 23.8 Å². The van der Waals surface area contributed by atoms with Crippen LogP contribution < -0.4 is 20.2 Å². The van der Waals surface area contributed by atoms with Crippen molar-refractivity contribution in [2.45, 2.75) is 39.8 Å². The Morgan fingerprint density at radius 2 is 1.68 bits per heavy atom. The summed E-state index contributed by atoms with van der Waals surface area (Å²) in [7, 11) is 0. The smallest absolute Gasteiger partial charge is 0.407 e. The molecule has 3 aromatic rings. The Hall–Kier alpha value is -4.33. The highest BCUT2D eigenvalue weighted by Crippen LogP contribution is 2.29. The van der Waals surface area contributed by atoms with Gasteiger partial charge in [0.1, 0.15) is 12.6 Å². The van der Waals surface area contributed by atoms with Gasteiger partial charge in [-0.25, -0.2) is 10.2 Å². The van der Waals surface area contributed by atoms with E-state index in [1.54, 1.807) is 13.0 Å². The number of nitrogens with zero attached hydrogens (tertiary/aromatic N) is 1. The molecule has 0 aliphatic carbocycles. The largest absolute Gasteiger partial charge is 0.490 e. The Morgan fingerprint density at radius 1 is 0.892 bits per heavy atom. The third-order valence-corrected chi connectivity index (χ3v) is 5.30. The van der Waals surface area contributed by atoms with Gasteiger partial charge in [0.2, 0.25) is 0 Å². The van der Waals surface area contributed by atoms with Gasteiger partial charge in [0.05, 0.1) is 19.4 Å². The molecule has 0 radical (unpaired) electrons. The van der Waals surface area contributed by atoms with Gasteiger partial charge in [0.25, 0.3) is 5.91 Å². The van der Waals surface area contributed by atoms with Crippen LogP contribution in [-0.2, 0) is 22.6 Å². The lowest BCUT2D eigenvalue weighted by Gasteiger charge is -2.17. The Kier molecular flexibility index (Phi) is 10.5. The van der Waals surface area contributed by atoms with Crippen LogP contribution in [0.4, 0.5) is 4.79 Å². The molecule has 194 valence electrons. The molecule has 37 heavy (non-hydrogen) atoms. The fourth-order valence-electron chi connectivity index (χ4n) is 3.58. The van der Waals surface area contributed by atoms with Crippen LogP contribution in [0.25, 0.3) is 0 Å². The normalized spacial score (nSPS) is 11.5. The first kappa shape index (κ1) is 27.3. The SMILES string of the molecule is CCOC(=O)N[C@H](Cc1ccccc1)C(=O)N/N=C\c1ccc(OCc2cccc(C)c2)c(OCC)c1. The Morgan fingerprint density at radius 3 is 2.41 bits per heavy atom. The zero-order valence-electron chi connectivity index (χ0n) is 21.4. The number of nitrogens with one attached hydrogen (secondary N) is 2. The highest BCUT2D eigenvalue weighted by molar-refractivity contribution is 5.87. The fourth-order valence-corrected chi connectivity index (χ4v) is 3.58. The number of hydrogen-bond acceptors (Lipinski definition) is 6. The Bertz CT molecular complexity index is 1200. The highest BCUT2D eigenvalue weighted by atomic mass is 16.5. The van der Waals surface area contributed by atoms with Crippen LogP contribution in [-0.4, -0.2) is 37.5 Å². The number of ether oxygens (including phenoxy) is 3. The second-order valence-corrected chi connectivity index (χ2v) is 8.26. The molecule has 0 saturated heterocycles. The quantitative estimate of drug-likeness (QED) is 0.274. The zero-order chi connectivity index (χ0) is 26.5. The number of aryl methyl sites for hydroxylation is 1. The predicted molar refractivity (Wildman–Crippen MR) is 143 cm³/mol. The summed E-state index contributed by atoms with van der Waals surface area (Å²) in [4.78, 5) is 24.8. The third-order valence-electron chi connectivity index (χ3n) is 5.30. The van der Waals surface area contributed by atoms with Gasteiger partial charge in [-0.05, 0) is 55.7 Å². The summed E-state index contributed by atoms with van der Waals surface area (Å²) >= 11 is 0. The monoisotopic (exact) mass is 503 g/mol. The lowest BCUT2D eigenvalue weighted by atomic mass is 10.1. The van der Waals surface area contributed by atoms with Gasteiger partial charge in [0, 0.05) is 6.42 Å². The molecule has 3 rings (SSSR count). The lowest BCUT2D eigenvalue weighted by molar-refractivity contribution is -0.123. The van der Waals surface area contributed by atoms with Crippen molar-refractivity contribution in [3.63, 3.8) is 0 Å². The summed E-state index contributed by atoms with van der Waals surface area (Å²) in [6.45, 7) is 6.73. The molecule has 0 unspecified atom stereocenters. The van der Waals surface area contributed by atoms with Crippen LogP contribution in [0, 0.1) is 6.92 Å². The van der Waals surface area contributed by atoms with Crippen LogP contribution in [0.5, 0.6) is 11.5 Å². The van der Waals surface area contributed by atoms with Gasteiger partial charge in [-0.1, -0.05) is 60.2 Å². The van der Waals surface area contributed by atoms with Crippen molar-refractivity contribution in [3.05, 3.63) is 95.1 Å². The van der Waals surface area contributed by atoms with E-state index in [4.69, 9.17) is 14.2 Å². The second-order valence-electron chi connectivity index (χ2n) is 8.26. The maximum Gasteiger partial charge on any atom is 0.407 e. The van der Waals surface area contributed by atoms with Gasteiger partial charge < -0.3 is 19.5 Å². The molecule has 0 saturated carbocycles. The first-order chi connectivity index (χ1) is 18.0. The van der Waals surface area contributed by atoms with Gasteiger partial charge in [-0.2, -0.15) is 5.10 Å². The summed E-state index contributed by atoms with van der Waals surface area (Å²) in [6, 6.07) is 22.1. The first-order valence-electron chi connectivity index (χ1n) is 12.2. The molecule has 0 fully saturated rings. The number of hydrazone groups is 1. The minimum absolute atomic E-state index is 0.205. The topological polar surface area (TPSA) is 98.2 Å². The summed E-state index contributed by atoms with van der Waals surface area (Å²) in [6.07, 6.45) is 1.14. The van der Waals surface area contributed by atoms with Gasteiger partial charge >= 0.3 is 6.09 Å². The molecule has 3 aromatic carbocycles. The Labute approximate surface area is 217 Å². The Balaban J connectivity index is 1.65. The molecular formula is C29H33N3O5. The number of benzene rings is 3. The fraction of sp³-hybridized carbons (Fsp3) is 0.276. The van der Waals surface area contributed by atoms with E-state index < -0.39 is 18.0 Å². The van der Waals surface area contributed by atoms with E-state index in [1.807, 2.05) is 74.5 Å². The minimum Gasteiger partial charge on any atom is -0.490 e. The number of alkyl carbamates (subject to hydrolysis) is 1. The van der Waals surface area contributed by atoms with E-state index in [0.717, 1.165) is 11.1 Å². The summed E-state index contributed by atoms with van der Waals surface area (Å²) < 4.78 is 16.7. The van der Waals surface area contributed by atoms with Crippen LogP contribution in [0.3, 0.4) is 0 Å².